The normalized spacial score (nSPS) is 24.8. The molecule has 0 amide bonds. The predicted octanol–water partition coefficient (Wildman–Crippen LogP) is 4.03. The molecule has 3 unspecified atom stereocenters. The second kappa shape index (κ2) is 8.74. The minimum Gasteiger partial charge on any atom is -0.481 e. The third-order valence-corrected chi connectivity index (χ3v) is 7.50. The Kier molecular flexibility index (Phi) is 5.78. The van der Waals surface area contributed by atoms with E-state index in [9.17, 15) is 9.90 Å². The van der Waals surface area contributed by atoms with E-state index in [1.54, 1.807) is 0 Å². The van der Waals surface area contributed by atoms with E-state index in [1.807, 2.05) is 13.0 Å². The van der Waals surface area contributed by atoms with Crippen molar-refractivity contribution in [2.24, 2.45) is 11.8 Å². The van der Waals surface area contributed by atoms with Gasteiger partial charge in [0.15, 0.2) is 0 Å². The molecule has 1 aromatic heterocycles. The molecule has 2 aliphatic heterocycles. The van der Waals surface area contributed by atoms with Crippen molar-refractivity contribution in [1.29, 1.82) is 5.41 Å². The lowest BCUT2D eigenvalue weighted by Gasteiger charge is -2.31. The van der Waals surface area contributed by atoms with Crippen LogP contribution in [0, 0.1) is 31.1 Å². The van der Waals surface area contributed by atoms with Gasteiger partial charge in [0.05, 0.1) is 5.92 Å². The molecule has 1 saturated carbocycles. The molecule has 2 saturated heterocycles. The van der Waals surface area contributed by atoms with Gasteiger partial charge in [-0.25, -0.2) is 9.97 Å². The quantitative estimate of drug-likeness (QED) is 0.571. The zero-order chi connectivity index (χ0) is 23.1. The van der Waals surface area contributed by atoms with Crippen LogP contribution in [0.1, 0.15) is 54.1 Å². The molecule has 33 heavy (non-hydrogen) atoms. The number of rotatable bonds is 6. The largest absolute Gasteiger partial charge is 0.481 e. The monoisotopic (exact) mass is 449 g/mol. The highest BCUT2D eigenvalue weighted by Crippen LogP contribution is 2.44. The van der Waals surface area contributed by atoms with Gasteiger partial charge in [-0.15, -0.1) is 0 Å². The van der Waals surface area contributed by atoms with Crippen molar-refractivity contribution in [3.63, 3.8) is 0 Å². The molecule has 174 valence electrons. The molecule has 0 spiro atoms. The highest BCUT2D eigenvalue weighted by molar-refractivity contribution is 5.88. The summed E-state index contributed by atoms with van der Waals surface area (Å²) in [6.45, 7) is 6.29. The summed E-state index contributed by atoms with van der Waals surface area (Å²) in [6, 6.07) is 6.40. The smallest absolute Gasteiger partial charge is 0.306 e. The molecule has 1 aromatic carbocycles. The fourth-order valence-electron chi connectivity index (χ4n) is 5.86. The Morgan fingerprint density at radius 2 is 2.00 bits per heavy atom. The fraction of sp³-hybridized carbons (Fsp3) is 0.520. The Labute approximate surface area is 193 Å². The van der Waals surface area contributed by atoms with Crippen molar-refractivity contribution >= 4 is 29.5 Å². The number of carboxylic acid groups (broad SMARTS) is 1. The van der Waals surface area contributed by atoms with Crippen LogP contribution in [0.3, 0.4) is 0 Å². The summed E-state index contributed by atoms with van der Waals surface area (Å²) in [5.41, 5.74) is 4.20. The molecule has 3 N–H and O–H groups in total. The van der Waals surface area contributed by atoms with E-state index in [1.165, 1.54) is 17.3 Å². The molecular formula is C25H31N5O3. The molecule has 3 heterocycles. The summed E-state index contributed by atoms with van der Waals surface area (Å²) in [7, 11) is 0. The van der Waals surface area contributed by atoms with Crippen LogP contribution in [0.4, 0.5) is 17.3 Å². The van der Waals surface area contributed by atoms with Gasteiger partial charge >= 0.3 is 5.97 Å². The van der Waals surface area contributed by atoms with E-state index >= 15 is 0 Å². The lowest BCUT2D eigenvalue weighted by molar-refractivity contribution is -0.143. The molecule has 3 fully saturated rings. The number of aromatic nitrogens is 2. The summed E-state index contributed by atoms with van der Waals surface area (Å²) < 4.78 is 5.54. The van der Waals surface area contributed by atoms with Gasteiger partial charge < -0.3 is 25.5 Å². The molecule has 2 bridgehead atoms. The van der Waals surface area contributed by atoms with E-state index in [-0.39, 0.29) is 17.9 Å². The van der Waals surface area contributed by atoms with E-state index in [0.29, 0.717) is 24.0 Å². The molecule has 0 radical (unpaired) electrons. The first-order chi connectivity index (χ1) is 15.9. The summed E-state index contributed by atoms with van der Waals surface area (Å²) >= 11 is 0. The number of carbonyl (C=O) groups is 1. The maximum atomic E-state index is 11.5. The second-order valence-corrected chi connectivity index (χ2v) is 9.59. The van der Waals surface area contributed by atoms with Gasteiger partial charge in [0, 0.05) is 49.3 Å². The second-order valence-electron chi connectivity index (χ2n) is 9.59. The number of nitrogens with zero attached hydrogens (tertiary/aromatic N) is 3. The molecular weight excluding hydrogens is 418 g/mol. The van der Waals surface area contributed by atoms with Crippen LogP contribution < -0.4 is 10.2 Å². The lowest BCUT2D eigenvalue weighted by Crippen LogP contribution is -2.38. The van der Waals surface area contributed by atoms with E-state index < -0.39 is 5.97 Å². The number of benzene rings is 1. The number of ether oxygens (including phenoxy) is 1. The summed E-state index contributed by atoms with van der Waals surface area (Å²) in [4.78, 5) is 23.0. The van der Waals surface area contributed by atoms with Crippen molar-refractivity contribution in [2.45, 2.75) is 51.5 Å². The molecule has 1 aliphatic carbocycles. The van der Waals surface area contributed by atoms with Gasteiger partial charge in [-0.3, -0.25) is 4.79 Å². The molecule has 8 nitrogen and oxygen atoms in total. The van der Waals surface area contributed by atoms with Gasteiger partial charge in [0.25, 0.3) is 0 Å². The molecule has 3 aliphatic rings. The van der Waals surface area contributed by atoms with E-state index in [4.69, 9.17) is 10.1 Å². The number of aryl methyl sites for hydroxylation is 2. The Balaban J connectivity index is 1.41. The fourth-order valence-corrected chi connectivity index (χ4v) is 5.86. The van der Waals surface area contributed by atoms with Crippen LogP contribution in [0.2, 0.25) is 0 Å². The first kappa shape index (κ1) is 21.8. The first-order valence-corrected chi connectivity index (χ1v) is 11.8. The zero-order valence-corrected chi connectivity index (χ0v) is 19.2. The van der Waals surface area contributed by atoms with Crippen LogP contribution in [-0.4, -0.2) is 53.1 Å². The standard InChI is InChI=1S/C25H31N5O3/c1-14-7-17(12-26)22(10-20(14)16-3-5-33-6-4-16)29-23-11-24(28-15(2)27-23)30-13-18-8-19(30)9-21(18)25(31)32/h7,10-12,16,18-19,21,26H,3-6,8-9,13H2,1-2H3,(H,31,32)(H,27,28,29). The van der Waals surface area contributed by atoms with Gasteiger partial charge in [0.1, 0.15) is 17.5 Å². The number of hydrogen-bond acceptors (Lipinski definition) is 7. The lowest BCUT2D eigenvalue weighted by atomic mass is 9.87. The number of hydrogen-bond donors (Lipinski definition) is 3. The number of nitrogens with one attached hydrogen (secondary N) is 2. The molecule has 8 heteroatoms. The third kappa shape index (κ3) is 4.19. The summed E-state index contributed by atoms with van der Waals surface area (Å²) in [6.07, 6.45) is 4.98. The van der Waals surface area contributed by atoms with Gasteiger partial charge in [-0.05, 0) is 74.6 Å². The average molecular weight is 450 g/mol. The molecule has 5 rings (SSSR count). The number of fused-ring (bicyclic) bond motifs is 2. The summed E-state index contributed by atoms with van der Waals surface area (Å²) in [5, 5.41) is 20.8. The van der Waals surface area contributed by atoms with Crippen LogP contribution in [0.15, 0.2) is 18.2 Å². The number of carboxylic acids is 1. The first-order valence-electron chi connectivity index (χ1n) is 11.8. The summed E-state index contributed by atoms with van der Waals surface area (Å²) in [5.74, 6) is 1.93. The molecule has 2 aromatic rings. The van der Waals surface area contributed by atoms with Crippen molar-refractivity contribution in [2.75, 3.05) is 30.0 Å². The SMILES string of the molecule is Cc1nc(Nc2cc(C3CCOCC3)c(C)cc2C=N)cc(N2CC3CC2CC3C(=O)O)n1. The van der Waals surface area contributed by atoms with Crippen LogP contribution in [-0.2, 0) is 9.53 Å². The Bertz CT molecular complexity index is 1080. The van der Waals surface area contributed by atoms with Gasteiger partial charge in [-0.1, -0.05) is 0 Å². The third-order valence-electron chi connectivity index (χ3n) is 7.50. The van der Waals surface area contributed by atoms with Crippen molar-refractivity contribution < 1.29 is 14.6 Å². The highest BCUT2D eigenvalue weighted by Gasteiger charge is 2.48. The van der Waals surface area contributed by atoms with Gasteiger partial charge in [0.2, 0.25) is 0 Å². The maximum absolute atomic E-state index is 11.5. The van der Waals surface area contributed by atoms with E-state index in [2.05, 4.69) is 39.2 Å². The van der Waals surface area contributed by atoms with Crippen LogP contribution in [0.25, 0.3) is 0 Å². The minimum atomic E-state index is -0.678. The average Bonchev–Trinajstić information content (AvgIpc) is 3.41. The van der Waals surface area contributed by atoms with E-state index in [0.717, 1.165) is 56.1 Å². The highest BCUT2D eigenvalue weighted by atomic mass is 16.5. The Hall–Kier alpha value is -3.00. The van der Waals surface area contributed by atoms with Crippen LogP contribution >= 0.6 is 0 Å². The van der Waals surface area contributed by atoms with Crippen molar-refractivity contribution in [3.05, 3.63) is 40.7 Å². The van der Waals surface area contributed by atoms with Crippen molar-refractivity contribution in [3.8, 4) is 0 Å². The van der Waals surface area contributed by atoms with Crippen LogP contribution in [0.5, 0.6) is 0 Å². The predicted molar refractivity (Wildman–Crippen MR) is 127 cm³/mol. The van der Waals surface area contributed by atoms with Gasteiger partial charge in [-0.2, -0.15) is 0 Å². The van der Waals surface area contributed by atoms with Crippen molar-refractivity contribution in [1.82, 2.24) is 9.97 Å². The number of aliphatic carboxylic acids is 1. The Morgan fingerprint density at radius 1 is 1.21 bits per heavy atom. The number of piperidine rings is 1. The minimum absolute atomic E-state index is 0.183. The molecule has 3 atom stereocenters. The maximum Gasteiger partial charge on any atom is 0.306 e. The number of anilines is 3. The topological polar surface area (TPSA) is 111 Å². The Morgan fingerprint density at radius 3 is 2.67 bits per heavy atom. The zero-order valence-electron chi connectivity index (χ0n) is 19.2.